The van der Waals surface area contributed by atoms with Crippen LogP contribution in [0, 0.1) is 5.82 Å². The van der Waals surface area contributed by atoms with E-state index in [2.05, 4.69) is 0 Å². The third-order valence-corrected chi connectivity index (χ3v) is 6.03. The zero-order chi connectivity index (χ0) is 23.7. The molecule has 6 nitrogen and oxygen atoms in total. The first kappa shape index (κ1) is 21.7. The number of aliphatic hydroxyl groups is 1. The topological polar surface area (TPSA) is 76.1 Å². The standard InChI is InChI=1S/C27H22FNO5/c28-20-9-6-18(7-10-20)24-23(25(30)19-8-11-21-22(16-19)34-15-14-33-21)26(31)27(32)29(24)13-12-17-4-2-1-3-5-17/h1-11,16,24,30H,12-15H2/b25-23+/t24-/m1/s1. The maximum Gasteiger partial charge on any atom is 0.295 e. The fourth-order valence-electron chi connectivity index (χ4n) is 4.34. The Morgan fingerprint density at radius 3 is 2.38 bits per heavy atom. The van der Waals surface area contributed by atoms with Gasteiger partial charge in [-0.25, -0.2) is 4.39 Å². The van der Waals surface area contributed by atoms with Crippen molar-refractivity contribution in [3.05, 3.63) is 101 Å². The second-order valence-corrected chi connectivity index (χ2v) is 8.14. The molecule has 1 saturated heterocycles. The molecule has 0 aliphatic carbocycles. The average molecular weight is 459 g/mol. The Balaban J connectivity index is 1.57. The molecule has 1 atom stereocenters. The van der Waals surface area contributed by atoms with Crippen LogP contribution in [-0.2, 0) is 16.0 Å². The summed E-state index contributed by atoms with van der Waals surface area (Å²) in [4.78, 5) is 27.6. The minimum Gasteiger partial charge on any atom is -0.507 e. The number of likely N-dealkylation sites (tertiary alicyclic amines) is 1. The number of rotatable bonds is 5. The van der Waals surface area contributed by atoms with Gasteiger partial charge in [-0.2, -0.15) is 0 Å². The van der Waals surface area contributed by atoms with E-state index in [0.717, 1.165) is 5.56 Å². The van der Waals surface area contributed by atoms with Crippen LogP contribution < -0.4 is 9.47 Å². The van der Waals surface area contributed by atoms with Crippen molar-refractivity contribution in [3.63, 3.8) is 0 Å². The van der Waals surface area contributed by atoms with E-state index in [0.29, 0.717) is 42.3 Å². The maximum absolute atomic E-state index is 13.6. The summed E-state index contributed by atoms with van der Waals surface area (Å²) < 4.78 is 24.8. The monoisotopic (exact) mass is 459 g/mol. The van der Waals surface area contributed by atoms with Gasteiger partial charge in [0.2, 0.25) is 0 Å². The van der Waals surface area contributed by atoms with Crippen molar-refractivity contribution in [3.8, 4) is 11.5 Å². The number of halogens is 1. The maximum atomic E-state index is 13.6. The summed E-state index contributed by atoms with van der Waals surface area (Å²) in [5.41, 5.74) is 1.83. The predicted octanol–water partition coefficient (Wildman–Crippen LogP) is 4.26. The number of carbonyl (C=O) groups is 2. The molecule has 0 spiro atoms. The number of carbonyl (C=O) groups excluding carboxylic acids is 2. The second kappa shape index (κ2) is 9.02. The molecule has 0 saturated carbocycles. The molecule has 1 N–H and O–H groups in total. The van der Waals surface area contributed by atoms with Crippen molar-refractivity contribution in [1.29, 1.82) is 0 Å². The van der Waals surface area contributed by atoms with Crippen molar-refractivity contribution in [2.24, 2.45) is 0 Å². The highest BCUT2D eigenvalue weighted by atomic mass is 19.1. The predicted molar refractivity (Wildman–Crippen MR) is 123 cm³/mol. The molecule has 34 heavy (non-hydrogen) atoms. The first-order chi connectivity index (χ1) is 16.5. The fraction of sp³-hybridized carbons (Fsp3) is 0.185. The lowest BCUT2D eigenvalue weighted by atomic mass is 9.95. The third-order valence-electron chi connectivity index (χ3n) is 6.03. The number of hydrogen-bond donors (Lipinski definition) is 1. The normalized spacial score (nSPS) is 18.9. The van der Waals surface area contributed by atoms with Crippen molar-refractivity contribution in [1.82, 2.24) is 4.90 Å². The summed E-state index contributed by atoms with van der Waals surface area (Å²) in [6.45, 7) is 1.06. The highest BCUT2D eigenvalue weighted by molar-refractivity contribution is 6.46. The van der Waals surface area contributed by atoms with E-state index < -0.39 is 23.5 Å². The Labute approximate surface area is 195 Å². The molecule has 7 heteroatoms. The van der Waals surface area contributed by atoms with Crippen LogP contribution in [0.3, 0.4) is 0 Å². The Morgan fingerprint density at radius 2 is 1.65 bits per heavy atom. The van der Waals surface area contributed by atoms with Gasteiger partial charge in [0.15, 0.2) is 11.5 Å². The van der Waals surface area contributed by atoms with Crippen molar-refractivity contribution < 1.29 is 28.6 Å². The molecule has 2 aliphatic heterocycles. The zero-order valence-corrected chi connectivity index (χ0v) is 18.2. The number of nitrogens with zero attached hydrogens (tertiary/aromatic N) is 1. The van der Waals surface area contributed by atoms with Crippen LogP contribution in [0.1, 0.15) is 22.7 Å². The van der Waals surface area contributed by atoms with Gasteiger partial charge < -0.3 is 19.5 Å². The van der Waals surface area contributed by atoms with E-state index in [1.807, 2.05) is 30.3 Å². The van der Waals surface area contributed by atoms with Crippen LogP contribution in [0.2, 0.25) is 0 Å². The second-order valence-electron chi connectivity index (χ2n) is 8.14. The average Bonchev–Trinajstić information content (AvgIpc) is 3.12. The molecule has 3 aromatic carbocycles. The minimum atomic E-state index is -0.850. The summed E-state index contributed by atoms with van der Waals surface area (Å²) in [5.74, 6) is -1.24. The molecule has 3 aromatic rings. The smallest absolute Gasteiger partial charge is 0.295 e. The third kappa shape index (κ3) is 4.01. The number of ketones is 1. The molecule has 0 aromatic heterocycles. The molecule has 0 unspecified atom stereocenters. The molecular formula is C27H22FNO5. The van der Waals surface area contributed by atoms with Gasteiger partial charge in [-0.1, -0.05) is 42.5 Å². The molecule has 172 valence electrons. The van der Waals surface area contributed by atoms with Gasteiger partial charge in [0.1, 0.15) is 24.8 Å². The first-order valence-corrected chi connectivity index (χ1v) is 11.0. The van der Waals surface area contributed by atoms with Crippen LogP contribution in [0.5, 0.6) is 11.5 Å². The van der Waals surface area contributed by atoms with E-state index in [1.54, 1.807) is 18.2 Å². The zero-order valence-electron chi connectivity index (χ0n) is 18.2. The van der Waals surface area contributed by atoms with Crippen molar-refractivity contribution in [2.75, 3.05) is 19.8 Å². The molecule has 2 aliphatic rings. The fourth-order valence-corrected chi connectivity index (χ4v) is 4.34. The Bertz CT molecular complexity index is 1270. The van der Waals surface area contributed by atoms with E-state index in [1.165, 1.54) is 29.2 Å². The van der Waals surface area contributed by atoms with Crippen LogP contribution in [-0.4, -0.2) is 41.5 Å². The Kier molecular flexibility index (Phi) is 5.76. The van der Waals surface area contributed by atoms with Gasteiger partial charge in [-0.15, -0.1) is 0 Å². The van der Waals surface area contributed by atoms with Crippen LogP contribution in [0.25, 0.3) is 5.76 Å². The number of amides is 1. The summed E-state index contributed by atoms with van der Waals surface area (Å²) >= 11 is 0. The number of hydrogen-bond acceptors (Lipinski definition) is 5. The largest absolute Gasteiger partial charge is 0.507 e. The van der Waals surface area contributed by atoms with E-state index in [-0.39, 0.29) is 17.9 Å². The van der Waals surface area contributed by atoms with E-state index in [9.17, 15) is 19.1 Å². The summed E-state index contributed by atoms with van der Waals surface area (Å²) in [6, 6.07) is 19.2. The molecule has 0 radical (unpaired) electrons. The van der Waals surface area contributed by atoms with Gasteiger partial charge >= 0.3 is 0 Å². The SMILES string of the molecule is O=C1C(=O)N(CCc2ccccc2)[C@H](c2ccc(F)cc2)/C1=C(\O)c1ccc2c(c1)OCCO2. The van der Waals surface area contributed by atoms with E-state index >= 15 is 0 Å². The van der Waals surface area contributed by atoms with Gasteiger partial charge in [0.25, 0.3) is 11.7 Å². The molecule has 2 heterocycles. The van der Waals surface area contributed by atoms with Gasteiger partial charge in [-0.3, -0.25) is 9.59 Å². The highest BCUT2D eigenvalue weighted by Crippen LogP contribution is 2.41. The van der Waals surface area contributed by atoms with Crippen molar-refractivity contribution >= 4 is 17.4 Å². The Hall–Kier alpha value is -4.13. The highest BCUT2D eigenvalue weighted by Gasteiger charge is 2.45. The van der Waals surface area contributed by atoms with E-state index in [4.69, 9.17) is 9.47 Å². The summed E-state index contributed by atoms with van der Waals surface area (Å²) in [7, 11) is 0. The van der Waals surface area contributed by atoms with Gasteiger partial charge in [0, 0.05) is 12.1 Å². The summed E-state index contributed by atoms with van der Waals surface area (Å²) in [5, 5.41) is 11.2. The number of aliphatic hydroxyl groups excluding tert-OH is 1. The molecule has 5 rings (SSSR count). The minimum absolute atomic E-state index is 0.0404. The van der Waals surface area contributed by atoms with Crippen LogP contribution >= 0.6 is 0 Å². The molecule has 0 bridgehead atoms. The summed E-state index contributed by atoms with van der Waals surface area (Å²) in [6.07, 6.45) is 0.523. The van der Waals surface area contributed by atoms with Gasteiger partial charge in [-0.05, 0) is 47.9 Å². The van der Waals surface area contributed by atoms with Crippen LogP contribution in [0.4, 0.5) is 4.39 Å². The van der Waals surface area contributed by atoms with Gasteiger partial charge in [0.05, 0.1) is 11.6 Å². The van der Waals surface area contributed by atoms with Crippen LogP contribution in [0.15, 0.2) is 78.4 Å². The number of ether oxygens (including phenoxy) is 2. The quantitative estimate of drug-likeness (QED) is 0.351. The number of Topliss-reactive ketones (excluding diaryl/α,β-unsaturated/α-hetero) is 1. The Morgan fingerprint density at radius 1 is 0.941 bits per heavy atom. The van der Waals surface area contributed by atoms with Crippen molar-refractivity contribution in [2.45, 2.75) is 12.5 Å². The lowest BCUT2D eigenvalue weighted by Crippen LogP contribution is -2.31. The number of fused-ring (bicyclic) bond motifs is 1. The molecule has 1 amide bonds. The first-order valence-electron chi connectivity index (χ1n) is 11.0. The number of benzene rings is 3. The lowest BCUT2D eigenvalue weighted by molar-refractivity contribution is -0.139. The molecular weight excluding hydrogens is 437 g/mol. The molecule has 1 fully saturated rings. The lowest BCUT2D eigenvalue weighted by Gasteiger charge is -2.25.